The molecule has 2 aromatic carbocycles. The van der Waals surface area contributed by atoms with Crippen LogP contribution in [0, 0.1) is 0 Å². The summed E-state index contributed by atoms with van der Waals surface area (Å²) in [5, 5.41) is 6.18. The van der Waals surface area contributed by atoms with Crippen molar-refractivity contribution in [3.63, 3.8) is 0 Å². The van der Waals surface area contributed by atoms with Gasteiger partial charge in [0.05, 0.1) is 4.90 Å². The van der Waals surface area contributed by atoms with Gasteiger partial charge in [0.2, 0.25) is 15.9 Å². The number of carbonyl (C=O) groups is 2. The van der Waals surface area contributed by atoms with Gasteiger partial charge in [-0.15, -0.1) is 0 Å². The third-order valence-electron chi connectivity index (χ3n) is 5.75. The fraction of sp³-hybridized carbons (Fsp3) is 0.462. The van der Waals surface area contributed by atoms with Crippen molar-refractivity contribution in [1.82, 2.24) is 14.9 Å². The summed E-state index contributed by atoms with van der Waals surface area (Å²) in [7, 11) is -3.99. The van der Waals surface area contributed by atoms with Crippen molar-refractivity contribution in [3.8, 4) is 0 Å². The van der Waals surface area contributed by atoms with Crippen LogP contribution < -0.4 is 10.6 Å². The highest BCUT2D eigenvalue weighted by Crippen LogP contribution is 2.26. The molecule has 1 saturated heterocycles. The van der Waals surface area contributed by atoms with Gasteiger partial charge in [-0.25, -0.2) is 8.42 Å². The molecule has 36 heavy (non-hydrogen) atoms. The minimum Gasteiger partial charge on any atom is -0.355 e. The van der Waals surface area contributed by atoms with Crippen LogP contribution in [0.15, 0.2) is 53.4 Å². The first-order valence-corrected chi connectivity index (χ1v) is 14.8. The van der Waals surface area contributed by atoms with E-state index in [-0.39, 0.29) is 28.0 Å². The van der Waals surface area contributed by atoms with Crippen LogP contribution in [-0.2, 0) is 21.4 Å². The fourth-order valence-electron chi connectivity index (χ4n) is 3.87. The van der Waals surface area contributed by atoms with E-state index in [0.29, 0.717) is 35.7 Å². The minimum atomic E-state index is -3.99. The van der Waals surface area contributed by atoms with E-state index >= 15 is 0 Å². The molecule has 10 heteroatoms. The molecule has 1 fully saturated rings. The van der Waals surface area contributed by atoms with Gasteiger partial charge >= 0.3 is 0 Å². The standard InChI is InChI=1S/C26H34ClN3O4S2/c1-26(2,3)35-17-16-29-24(31)20-9-7-19(8-10-20)18-30(23-6-4-5-15-28-25(23)32)36(33,34)22-13-11-21(27)12-14-22/h7-14,23H,4-6,15-18H2,1-3H3,(H,28,32)(H,29,31)/t23-/m1/s1. The van der Waals surface area contributed by atoms with Gasteiger partial charge in [0.25, 0.3) is 5.91 Å². The van der Waals surface area contributed by atoms with Crippen molar-refractivity contribution in [2.45, 2.75) is 62.3 Å². The highest BCUT2D eigenvalue weighted by Gasteiger charge is 2.36. The largest absolute Gasteiger partial charge is 0.355 e. The Bertz CT molecular complexity index is 1150. The Labute approximate surface area is 223 Å². The van der Waals surface area contributed by atoms with Crippen LogP contribution in [0.2, 0.25) is 5.02 Å². The smallest absolute Gasteiger partial charge is 0.251 e. The maximum Gasteiger partial charge on any atom is 0.251 e. The van der Waals surface area contributed by atoms with Crippen molar-refractivity contribution < 1.29 is 18.0 Å². The summed E-state index contributed by atoms with van der Waals surface area (Å²) in [6.45, 7) is 7.50. The molecule has 2 aromatic rings. The van der Waals surface area contributed by atoms with Gasteiger partial charge in [0.1, 0.15) is 6.04 Å². The molecule has 0 saturated carbocycles. The van der Waals surface area contributed by atoms with E-state index in [9.17, 15) is 18.0 Å². The van der Waals surface area contributed by atoms with Gasteiger partial charge in [0.15, 0.2) is 0 Å². The van der Waals surface area contributed by atoms with Crippen LogP contribution >= 0.6 is 23.4 Å². The Morgan fingerprint density at radius 2 is 1.78 bits per heavy atom. The van der Waals surface area contributed by atoms with Crippen LogP contribution in [0.5, 0.6) is 0 Å². The van der Waals surface area contributed by atoms with E-state index in [0.717, 1.165) is 18.6 Å². The molecule has 0 bridgehead atoms. The maximum absolute atomic E-state index is 13.6. The molecule has 0 spiro atoms. The molecule has 1 atom stereocenters. The Morgan fingerprint density at radius 3 is 2.42 bits per heavy atom. The van der Waals surface area contributed by atoms with Crippen molar-refractivity contribution in [2.75, 3.05) is 18.8 Å². The van der Waals surface area contributed by atoms with E-state index in [2.05, 4.69) is 31.4 Å². The van der Waals surface area contributed by atoms with Gasteiger partial charge in [-0.3, -0.25) is 9.59 Å². The van der Waals surface area contributed by atoms with Crippen molar-refractivity contribution in [2.24, 2.45) is 0 Å². The highest BCUT2D eigenvalue weighted by molar-refractivity contribution is 8.00. The monoisotopic (exact) mass is 551 g/mol. The van der Waals surface area contributed by atoms with Gasteiger partial charge in [-0.05, 0) is 61.2 Å². The quantitative estimate of drug-likeness (QED) is 0.449. The number of hydrogen-bond donors (Lipinski definition) is 2. The van der Waals surface area contributed by atoms with Crippen LogP contribution in [0.1, 0.15) is 56.0 Å². The molecule has 1 heterocycles. The molecule has 0 aliphatic carbocycles. The van der Waals surface area contributed by atoms with Crippen molar-refractivity contribution >= 4 is 45.2 Å². The third kappa shape index (κ3) is 7.96. The summed E-state index contributed by atoms with van der Waals surface area (Å²) in [5.74, 6) is 0.341. The zero-order valence-corrected chi connectivity index (χ0v) is 23.3. The molecule has 2 amide bonds. The molecule has 3 rings (SSSR count). The topological polar surface area (TPSA) is 95.6 Å². The lowest BCUT2D eigenvalue weighted by Crippen LogP contribution is -2.48. The first kappa shape index (κ1) is 28.5. The van der Waals surface area contributed by atoms with Crippen LogP contribution in [0.25, 0.3) is 0 Å². The second kappa shape index (κ2) is 12.4. The summed E-state index contributed by atoms with van der Waals surface area (Å²) in [6, 6.07) is 12.0. The fourth-order valence-corrected chi connectivity index (χ4v) is 6.42. The predicted octanol–water partition coefficient (Wildman–Crippen LogP) is 4.46. The molecule has 2 N–H and O–H groups in total. The average Bonchev–Trinajstić information content (AvgIpc) is 3.04. The number of amides is 2. The number of carbonyl (C=O) groups excluding carboxylic acids is 2. The number of hydrogen-bond acceptors (Lipinski definition) is 5. The van der Waals surface area contributed by atoms with Gasteiger partial charge in [-0.1, -0.05) is 44.5 Å². The molecule has 196 valence electrons. The van der Waals surface area contributed by atoms with Crippen LogP contribution in [0.4, 0.5) is 0 Å². The van der Waals surface area contributed by atoms with Crippen molar-refractivity contribution in [1.29, 1.82) is 0 Å². The van der Waals surface area contributed by atoms with Crippen LogP contribution in [0.3, 0.4) is 0 Å². The zero-order chi connectivity index (χ0) is 26.3. The Kier molecular flexibility index (Phi) is 9.86. The van der Waals surface area contributed by atoms with Crippen LogP contribution in [-0.4, -0.2) is 54.2 Å². The highest BCUT2D eigenvalue weighted by atomic mass is 35.5. The molecular weight excluding hydrogens is 518 g/mol. The number of rotatable bonds is 9. The number of thioether (sulfide) groups is 1. The number of sulfonamides is 1. The molecular formula is C26H34ClN3O4S2. The second-order valence-corrected chi connectivity index (χ2v) is 14.0. The Morgan fingerprint density at radius 1 is 1.11 bits per heavy atom. The lowest BCUT2D eigenvalue weighted by atomic mass is 10.1. The van der Waals surface area contributed by atoms with E-state index in [1.807, 2.05) is 0 Å². The molecule has 1 aliphatic heterocycles. The average molecular weight is 552 g/mol. The molecule has 7 nitrogen and oxygen atoms in total. The summed E-state index contributed by atoms with van der Waals surface area (Å²) in [6.07, 6.45) is 1.98. The zero-order valence-electron chi connectivity index (χ0n) is 20.9. The maximum atomic E-state index is 13.6. The second-order valence-electron chi connectivity index (χ2n) is 9.72. The van der Waals surface area contributed by atoms with E-state index in [4.69, 9.17) is 11.6 Å². The van der Waals surface area contributed by atoms with Gasteiger partial charge in [-0.2, -0.15) is 16.1 Å². The molecule has 0 unspecified atom stereocenters. The SMILES string of the molecule is CC(C)(C)SCCNC(=O)c1ccc(CN([C@@H]2CCCCNC2=O)S(=O)(=O)c2ccc(Cl)cc2)cc1. The van der Waals surface area contributed by atoms with E-state index < -0.39 is 16.1 Å². The number of nitrogens with zero attached hydrogens (tertiary/aromatic N) is 1. The number of nitrogens with one attached hydrogen (secondary N) is 2. The molecule has 1 aliphatic rings. The first-order chi connectivity index (χ1) is 17.0. The number of halogens is 1. The van der Waals surface area contributed by atoms with Gasteiger partial charge < -0.3 is 10.6 Å². The predicted molar refractivity (Wildman–Crippen MR) is 146 cm³/mol. The normalized spacial score (nSPS) is 16.9. The lowest BCUT2D eigenvalue weighted by Gasteiger charge is -2.29. The first-order valence-electron chi connectivity index (χ1n) is 12.0. The summed E-state index contributed by atoms with van der Waals surface area (Å²) in [5.41, 5.74) is 1.18. The lowest BCUT2D eigenvalue weighted by molar-refractivity contribution is -0.124. The van der Waals surface area contributed by atoms with Crippen molar-refractivity contribution in [3.05, 3.63) is 64.7 Å². The third-order valence-corrected chi connectivity index (χ3v) is 9.15. The Hall–Kier alpha value is -2.07. The summed E-state index contributed by atoms with van der Waals surface area (Å²) < 4.78 is 28.7. The Balaban J connectivity index is 1.78. The minimum absolute atomic E-state index is 0.00711. The number of benzene rings is 2. The van der Waals surface area contributed by atoms with Gasteiger partial charge in [0, 0.05) is 40.7 Å². The summed E-state index contributed by atoms with van der Waals surface area (Å²) >= 11 is 7.74. The van der Waals surface area contributed by atoms with E-state index in [1.54, 1.807) is 36.0 Å². The molecule has 0 radical (unpaired) electrons. The van der Waals surface area contributed by atoms with E-state index in [1.165, 1.54) is 28.6 Å². The molecule has 0 aromatic heterocycles. The summed E-state index contributed by atoms with van der Waals surface area (Å²) in [4.78, 5) is 25.4.